The first kappa shape index (κ1) is 32.3. The van der Waals surface area contributed by atoms with Gasteiger partial charge in [0.2, 0.25) is 0 Å². The lowest BCUT2D eigenvalue weighted by Crippen LogP contribution is -2.56. The topological polar surface area (TPSA) is 144 Å². The van der Waals surface area contributed by atoms with Crippen molar-refractivity contribution in [1.29, 1.82) is 0 Å². The minimum atomic E-state index is -0.716. The van der Waals surface area contributed by atoms with Crippen molar-refractivity contribution in [3.8, 4) is 0 Å². The van der Waals surface area contributed by atoms with Crippen molar-refractivity contribution in [1.82, 2.24) is 5.06 Å². The standard InChI is InChI=1S/C34H45NO9/c1-18(6-7-19(2)32(42)44-35-27(39)10-11-28(35)40)31(41)43-17-26(38)29-20(3)14-24-23-9-8-21-15-22(36)12-13-33(21,4)30(23)25(37)16-34(24,29)5/h12-13,15,18-20,23-25,29-30,37H,6-11,14,16-17H2,1-5H3/t18?,19?,20-,23?,24?,25?,29?,30?,33?,34?/m1/s1. The number of carbonyl (C=O) groups is 6. The zero-order chi connectivity index (χ0) is 32.1. The van der Waals surface area contributed by atoms with Crippen molar-refractivity contribution in [2.75, 3.05) is 6.61 Å². The van der Waals surface area contributed by atoms with Crippen LogP contribution in [0.25, 0.3) is 0 Å². The van der Waals surface area contributed by atoms with Gasteiger partial charge in [0.15, 0.2) is 11.6 Å². The van der Waals surface area contributed by atoms with E-state index in [9.17, 15) is 33.9 Å². The van der Waals surface area contributed by atoms with Crippen LogP contribution in [0.5, 0.6) is 0 Å². The van der Waals surface area contributed by atoms with Crippen molar-refractivity contribution in [2.45, 2.75) is 92.1 Å². The Balaban J connectivity index is 1.16. The van der Waals surface area contributed by atoms with Gasteiger partial charge in [0, 0.05) is 30.1 Å². The highest BCUT2D eigenvalue weighted by Gasteiger charge is 2.64. The fourth-order valence-electron chi connectivity index (χ4n) is 9.33. The zero-order valence-electron chi connectivity index (χ0n) is 26.4. The normalized spacial score (nSPS) is 37.5. The molecule has 3 saturated carbocycles. The molecule has 1 heterocycles. The number of hydroxylamine groups is 2. The Morgan fingerprint density at radius 1 is 1.02 bits per heavy atom. The summed E-state index contributed by atoms with van der Waals surface area (Å²) in [5.74, 6) is -3.50. The van der Waals surface area contributed by atoms with Crippen LogP contribution in [0.4, 0.5) is 0 Å². The summed E-state index contributed by atoms with van der Waals surface area (Å²) in [4.78, 5) is 79.3. The Morgan fingerprint density at radius 3 is 2.32 bits per heavy atom. The smallest absolute Gasteiger partial charge is 0.335 e. The Labute approximate surface area is 258 Å². The van der Waals surface area contributed by atoms with Crippen LogP contribution in [0, 0.1) is 52.3 Å². The molecule has 0 radical (unpaired) electrons. The number of amides is 2. The number of Topliss-reactive ketones (excluding diaryl/α,β-unsaturated/α-hetero) is 1. The molecule has 10 nitrogen and oxygen atoms in total. The van der Waals surface area contributed by atoms with Crippen LogP contribution in [0.3, 0.4) is 0 Å². The molecule has 0 aromatic carbocycles. The fraction of sp³-hybridized carbons (Fsp3) is 0.706. The number of ether oxygens (including phenoxy) is 1. The summed E-state index contributed by atoms with van der Waals surface area (Å²) in [7, 11) is 0. The number of rotatable bonds is 9. The number of hydrogen-bond donors (Lipinski definition) is 1. The second-order valence-corrected chi connectivity index (χ2v) is 14.4. The Kier molecular flexibility index (Phi) is 8.79. The molecule has 5 rings (SSSR count). The number of carbonyl (C=O) groups excluding carboxylic acids is 6. The summed E-state index contributed by atoms with van der Waals surface area (Å²) in [5, 5.41) is 12.1. The summed E-state index contributed by atoms with van der Waals surface area (Å²) in [6, 6.07) is 0. The van der Waals surface area contributed by atoms with E-state index in [4.69, 9.17) is 9.57 Å². The first-order valence-electron chi connectivity index (χ1n) is 16.1. The number of fused-ring (bicyclic) bond motifs is 5. The monoisotopic (exact) mass is 611 g/mol. The van der Waals surface area contributed by atoms with Crippen LogP contribution in [-0.2, 0) is 38.3 Å². The molecule has 44 heavy (non-hydrogen) atoms. The van der Waals surface area contributed by atoms with Crippen molar-refractivity contribution in [3.63, 3.8) is 0 Å². The van der Waals surface area contributed by atoms with Gasteiger partial charge < -0.3 is 14.7 Å². The van der Waals surface area contributed by atoms with E-state index >= 15 is 0 Å². The molecule has 4 fully saturated rings. The SMILES string of the molecule is CC(CCC(C)C(=O)ON1C(=O)CCC1=O)C(=O)OCC(=O)C1[C@H](C)CC2C3CCC4=CC(=O)C=CC4(C)C3C(O)CC21C. The second-order valence-electron chi connectivity index (χ2n) is 14.4. The maximum atomic E-state index is 13.7. The zero-order valence-corrected chi connectivity index (χ0v) is 26.4. The molecule has 1 N–H and O–H groups in total. The molecule has 0 bridgehead atoms. The highest BCUT2D eigenvalue weighted by atomic mass is 16.7. The van der Waals surface area contributed by atoms with Crippen molar-refractivity contribution < 1.29 is 43.4 Å². The number of esters is 1. The van der Waals surface area contributed by atoms with E-state index in [1.54, 1.807) is 26.0 Å². The molecule has 4 aliphatic carbocycles. The molecule has 0 aromatic rings. The van der Waals surface area contributed by atoms with Gasteiger partial charge in [-0.2, -0.15) is 0 Å². The summed E-state index contributed by atoms with van der Waals surface area (Å²) in [5.41, 5.74) is 0.303. The van der Waals surface area contributed by atoms with Crippen LogP contribution in [0.15, 0.2) is 23.8 Å². The molecule has 240 valence electrons. The maximum Gasteiger partial charge on any atom is 0.335 e. The number of imide groups is 1. The molecule has 1 aliphatic heterocycles. The molecule has 5 aliphatic rings. The average molecular weight is 612 g/mol. The van der Waals surface area contributed by atoms with Gasteiger partial charge in [0.25, 0.3) is 11.8 Å². The summed E-state index contributed by atoms with van der Waals surface area (Å²) >= 11 is 0. The van der Waals surface area contributed by atoms with Gasteiger partial charge in [0.05, 0.1) is 17.9 Å². The third-order valence-corrected chi connectivity index (χ3v) is 11.6. The van der Waals surface area contributed by atoms with Gasteiger partial charge in [0.1, 0.15) is 6.61 Å². The quantitative estimate of drug-likeness (QED) is 0.303. The fourth-order valence-corrected chi connectivity index (χ4v) is 9.33. The van der Waals surface area contributed by atoms with Gasteiger partial charge in [-0.3, -0.25) is 24.0 Å². The van der Waals surface area contributed by atoms with Crippen LogP contribution in [0.1, 0.15) is 86.0 Å². The lowest BCUT2D eigenvalue weighted by atomic mass is 9.46. The number of aliphatic hydroxyl groups is 1. The summed E-state index contributed by atoms with van der Waals surface area (Å²) in [6.07, 6.45) is 8.36. The van der Waals surface area contributed by atoms with E-state index in [0.717, 1.165) is 24.8 Å². The van der Waals surface area contributed by atoms with Gasteiger partial charge in [-0.05, 0) is 73.8 Å². The lowest BCUT2D eigenvalue weighted by Gasteiger charge is -2.58. The molecular formula is C34H45NO9. The Bertz CT molecular complexity index is 1300. The molecule has 10 heteroatoms. The minimum absolute atomic E-state index is 0.00000364. The van der Waals surface area contributed by atoms with Crippen molar-refractivity contribution in [2.24, 2.45) is 52.3 Å². The van der Waals surface area contributed by atoms with E-state index in [-0.39, 0.29) is 72.4 Å². The predicted molar refractivity (Wildman–Crippen MR) is 157 cm³/mol. The third kappa shape index (κ3) is 5.59. The van der Waals surface area contributed by atoms with Gasteiger partial charge in [-0.15, -0.1) is 5.06 Å². The molecular weight excluding hydrogens is 566 g/mol. The van der Waals surface area contributed by atoms with E-state index in [0.29, 0.717) is 17.9 Å². The van der Waals surface area contributed by atoms with Crippen LogP contribution < -0.4 is 0 Å². The second kappa shape index (κ2) is 12.0. The van der Waals surface area contributed by atoms with E-state index in [1.807, 2.05) is 6.08 Å². The van der Waals surface area contributed by atoms with Crippen molar-refractivity contribution >= 4 is 35.3 Å². The van der Waals surface area contributed by atoms with Gasteiger partial charge in [-0.25, -0.2) is 4.79 Å². The van der Waals surface area contributed by atoms with Crippen LogP contribution >= 0.6 is 0 Å². The predicted octanol–water partition coefficient (Wildman–Crippen LogP) is 3.90. The largest absolute Gasteiger partial charge is 0.457 e. The minimum Gasteiger partial charge on any atom is -0.457 e. The molecule has 9 unspecified atom stereocenters. The summed E-state index contributed by atoms with van der Waals surface area (Å²) in [6.45, 7) is 9.26. The first-order valence-corrected chi connectivity index (χ1v) is 16.1. The molecule has 10 atom stereocenters. The van der Waals surface area contributed by atoms with E-state index < -0.39 is 47.1 Å². The molecule has 0 aromatic heterocycles. The van der Waals surface area contributed by atoms with E-state index in [2.05, 4.69) is 20.8 Å². The van der Waals surface area contributed by atoms with Gasteiger partial charge >= 0.3 is 11.9 Å². The number of allylic oxidation sites excluding steroid dienone is 4. The number of aliphatic hydroxyl groups excluding tert-OH is 1. The average Bonchev–Trinajstić information content (AvgIpc) is 3.42. The lowest BCUT2D eigenvalue weighted by molar-refractivity contribution is -0.200. The number of hydrogen-bond acceptors (Lipinski definition) is 9. The highest BCUT2D eigenvalue weighted by Crippen LogP contribution is 2.67. The number of ketones is 2. The molecule has 0 spiro atoms. The highest BCUT2D eigenvalue weighted by molar-refractivity contribution is 6.02. The van der Waals surface area contributed by atoms with Crippen LogP contribution in [0.2, 0.25) is 0 Å². The van der Waals surface area contributed by atoms with Crippen molar-refractivity contribution in [3.05, 3.63) is 23.8 Å². The number of nitrogens with zero attached hydrogens (tertiary/aromatic N) is 1. The maximum absolute atomic E-state index is 13.7. The van der Waals surface area contributed by atoms with Crippen LogP contribution in [-0.4, -0.2) is 58.2 Å². The summed E-state index contributed by atoms with van der Waals surface area (Å²) < 4.78 is 5.50. The third-order valence-electron chi connectivity index (χ3n) is 11.6. The van der Waals surface area contributed by atoms with E-state index in [1.165, 1.54) is 0 Å². The Morgan fingerprint density at radius 2 is 1.66 bits per heavy atom. The molecule has 1 saturated heterocycles. The van der Waals surface area contributed by atoms with Gasteiger partial charge in [-0.1, -0.05) is 46.3 Å². The molecule has 2 amide bonds. The first-order chi connectivity index (χ1) is 20.7. The Hall–Kier alpha value is -3.14.